The average molecular weight is 405 g/mol. The Morgan fingerprint density at radius 2 is 1.38 bits per heavy atom. The zero-order valence-corrected chi connectivity index (χ0v) is 16.1. The molecule has 2 amide bonds. The van der Waals surface area contributed by atoms with Gasteiger partial charge in [0.15, 0.2) is 6.10 Å². The number of carbonyl (C=O) groups is 2. The van der Waals surface area contributed by atoms with Gasteiger partial charge >= 0.3 is 0 Å². The third kappa shape index (κ3) is 2.82. The SMILES string of the molecule is O=C1[C@H]2[C@@H](c3ccccc3)N(c3ccccc3)O[C@H]2C(=O)N1c1ccccc1Cl. The van der Waals surface area contributed by atoms with Crippen molar-refractivity contribution in [1.29, 1.82) is 0 Å². The minimum Gasteiger partial charge on any atom is -0.273 e. The van der Waals surface area contributed by atoms with Crippen LogP contribution < -0.4 is 9.96 Å². The molecule has 0 bridgehead atoms. The lowest BCUT2D eigenvalue weighted by atomic mass is 9.90. The summed E-state index contributed by atoms with van der Waals surface area (Å²) in [6.45, 7) is 0. The van der Waals surface area contributed by atoms with Crippen LogP contribution in [-0.4, -0.2) is 17.9 Å². The molecular formula is C23H17ClN2O3. The summed E-state index contributed by atoms with van der Waals surface area (Å²) in [4.78, 5) is 33.9. The number of hydrogen-bond donors (Lipinski definition) is 0. The van der Waals surface area contributed by atoms with Crippen molar-refractivity contribution in [1.82, 2.24) is 0 Å². The summed E-state index contributed by atoms with van der Waals surface area (Å²) in [5, 5.41) is 2.04. The number of amides is 2. The number of hydrogen-bond acceptors (Lipinski definition) is 4. The van der Waals surface area contributed by atoms with Gasteiger partial charge in [0, 0.05) is 0 Å². The van der Waals surface area contributed by atoms with Crippen LogP contribution in [0.3, 0.4) is 0 Å². The molecule has 2 heterocycles. The van der Waals surface area contributed by atoms with E-state index in [0.717, 1.165) is 16.2 Å². The van der Waals surface area contributed by atoms with Gasteiger partial charge in [-0.25, -0.2) is 9.96 Å². The highest BCUT2D eigenvalue weighted by Crippen LogP contribution is 2.48. The van der Waals surface area contributed by atoms with Crippen LogP contribution in [0.4, 0.5) is 11.4 Å². The van der Waals surface area contributed by atoms with E-state index >= 15 is 0 Å². The number of rotatable bonds is 3. The summed E-state index contributed by atoms with van der Waals surface area (Å²) in [6.07, 6.45) is -0.899. The highest BCUT2D eigenvalue weighted by atomic mass is 35.5. The van der Waals surface area contributed by atoms with Gasteiger partial charge in [-0.1, -0.05) is 72.3 Å². The lowest BCUT2D eigenvalue weighted by Gasteiger charge is -2.28. The summed E-state index contributed by atoms with van der Waals surface area (Å²) >= 11 is 6.27. The Morgan fingerprint density at radius 3 is 2.07 bits per heavy atom. The monoisotopic (exact) mass is 404 g/mol. The maximum atomic E-state index is 13.5. The van der Waals surface area contributed by atoms with Crippen molar-refractivity contribution in [2.45, 2.75) is 12.1 Å². The zero-order chi connectivity index (χ0) is 20.0. The number of anilines is 2. The van der Waals surface area contributed by atoms with Crippen LogP contribution in [0.5, 0.6) is 0 Å². The van der Waals surface area contributed by atoms with Gasteiger partial charge in [-0.3, -0.25) is 14.4 Å². The van der Waals surface area contributed by atoms with E-state index in [1.54, 1.807) is 29.3 Å². The second kappa shape index (κ2) is 7.03. The first-order chi connectivity index (χ1) is 14.2. The molecule has 2 aliphatic rings. The Kier molecular flexibility index (Phi) is 4.34. The number of nitrogens with zero attached hydrogens (tertiary/aromatic N) is 2. The highest BCUT2D eigenvalue weighted by molar-refractivity contribution is 6.36. The van der Waals surface area contributed by atoms with Crippen molar-refractivity contribution in [3.05, 3.63) is 95.5 Å². The number of carbonyl (C=O) groups excluding carboxylic acids is 2. The standard InChI is InChI=1S/C23H17ClN2O3/c24-17-13-7-8-14-18(17)25-22(27)19-20(15-9-3-1-4-10-15)26(29-21(19)23(25)28)16-11-5-2-6-12-16/h1-14,19-21H/t19-,20+,21+/m0/s1. The van der Waals surface area contributed by atoms with Gasteiger partial charge in [0.05, 0.1) is 22.4 Å². The maximum Gasteiger partial charge on any atom is 0.266 e. The molecule has 0 aliphatic carbocycles. The predicted molar refractivity (Wildman–Crippen MR) is 110 cm³/mol. The molecule has 0 radical (unpaired) electrons. The van der Waals surface area contributed by atoms with Crippen molar-refractivity contribution >= 4 is 34.8 Å². The van der Waals surface area contributed by atoms with Crippen molar-refractivity contribution in [2.24, 2.45) is 5.92 Å². The molecule has 6 heteroatoms. The molecule has 0 saturated carbocycles. The number of para-hydroxylation sites is 2. The van der Waals surface area contributed by atoms with Crippen LogP contribution in [0, 0.1) is 5.92 Å². The first kappa shape index (κ1) is 17.9. The number of fused-ring (bicyclic) bond motifs is 1. The summed E-state index contributed by atoms with van der Waals surface area (Å²) in [6, 6.07) is 25.6. The van der Waals surface area contributed by atoms with E-state index in [9.17, 15) is 9.59 Å². The third-order valence-electron chi connectivity index (χ3n) is 5.36. The summed E-state index contributed by atoms with van der Waals surface area (Å²) in [5.74, 6) is -1.37. The summed E-state index contributed by atoms with van der Waals surface area (Å²) in [5.41, 5.74) is 2.09. The highest BCUT2D eigenvalue weighted by Gasteiger charge is 2.60. The lowest BCUT2D eigenvalue weighted by Crippen LogP contribution is -2.37. The van der Waals surface area contributed by atoms with E-state index in [-0.39, 0.29) is 5.91 Å². The van der Waals surface area contributed by atoms with E-state index in [0.29, 0.717) is 10.7 Å². The fourth-order valence-corrected chi connectivity index (χ4v) is 4.29. The molecule has 5 rings (SSSR count). The van der Waals surface area contributed by atoms with Crippen LogP contribution in [0.25, 0.3) is 0 Å². The van der Waals surface area contributed by atoms with E-state index in [4.69, 9.17) is 16.4 Å². The molecule has 29 heavy (non-hydrogen) atoms. The first-order valence-electron chi connectivity index (χ1n) is 9.35. The van der Waals surface area contributed by atoms with Gasteiger partial charge < -0.3 is 0 Å². The summed E-state index contributed by atoms with van der Waals surface area (Å²) in [7, 11) is 0. The molecule has 0 N–H and O–H groups in total. The molecular weight excluding hydrogens is 388 g/mol. The molecule has 2 saturated heterocycles. The number of benzene rings is 3. The van der Waals surface area contributed by atoms with Crippen LogP contribution in [0.15, 0.2) is 84.9 Å². The van der Waals surface area contributed by atoms with E-state index in [1.807, 2.05) is 60.7 Å². The zero-order valence-electron chi connectivity index (χ0n) is 15.3. The number of hydroxylamine groups is 1. The van der Waals surface area contributed by atoms with Gasteiger partial charge in [-0.05, 0) is 29.8 Å². The topological polar surface area (TPSA) is 49.9 Å². The fourth-order valence-electron chi connectivity index (χ4n) is 4.07. The van der Waals surface area contributed by atoms with E-state index in [2.05, 4.69) is 0 Å². The van der Waals surface area contributed by atoms with E-state index in [1.165, 1.54) is 0 Å². The first-order valence-corrected chi connectivity index (χ1v) is 9.73. The minimum atomic E-state index is -0.899. The van der Waals surface area contributed by atoms with Gasteiger partial charge in [-0.2, -0.15) is 0 Å². The average Bonchev–Trinajstić information content (AvgIpc) is 3.26. The van der Waals surface area contributed by atoms with Crippen LogP contribution in [-0.2, 0) is 14.4 Å². The van der Waals surface area contributed by atoms with Crippen molar-refractivity contribution < 1.29 is 14.4 Å². The molecule has 3 atom stereocenters. The lowest BCUT2D eigenvalue weighted by molar-refractivity contribution is -0.126. The van der Waals surface area contributed by atoms with Crippen LogP contribution in [0.1, 0.15) is 11.6 Å². The predicted octanol–water partition coefficient (Wildman–Crippen LogP) is 4.39. The van der Waals surface area contributed by atoms with Gasteiger partial charge in [0.25, 0.3) is 5.91 Å². The minimum absolute atomic E-state index is 0.305. The number of imide groups is 1. The largest absolute Gasteiger partial charge is 0.273 e. The van der Waals surface area contributed by atoms with Crippen molar-refractivity contribution in [2.75, 3.05) is 9.96 Å². The van der Waals surface area contributed by atoms with Gasteiger partial charge in [0.2, 0.25) is 5.91 Å². The third-order valence-corrected chi connectivity index (χ3v) is 5.68. The molecule has 5 nitrogen and oxygen atoms in total. The second-order valence-corrected chi connectivity index (χ2v) is 7.44. The van der Waals surface area contributed by atoms with Crippen LogP contribution in [0.2, 0.25) is 5.02 Å². The number of halogens is 1. The normalized spacial score (nSPS) is 23.6. The molecule has 3 aromatic carbocycles. The maximum absolute atomic E-state index is 13.5. The van der Waals surface area contributed by atoms with Crippen molar-refractivity contribution in [3.8, 4) is 0 Å². The molecule has 0 unspecified atom stereocenters. The molecule has 0 aromatic heterocycles. The molecule has 0 spiro atoms. The molecule has 2 fully saturated rings. The molecule has 3 aromatic rings. The van der Waals surface area contributed by atoms with Gasteiger partial charge in [-0.15, -0.1) is 0 Å². The molecule has 144 valence electrons. The van der Waals surface area contributed by atoms with Gasteiger partial charge in [0.1, 0.15) is 5.92 Å². The quantitative estimate of drug-likeness (QED) is 0.607. The Morgan fingerprint density at radius 1 is 0.759 bits per heavy atom. The Labute approximate surface area is 173 Å². The van der Waals surface area contributed by atoms with Crippen molar-refractivity contribution in [3.63, 3.8) is 0 Å². The van der Waals surface area contributed by atoms with Crippen LogP contribution >= 0.6 is 11.6 Å². The summed E-state index contributed by atoms with van der Waals surface area (Å²) < 4.78 is 0. The Hall–Kier alpha value is -3.15. The Bertz CT molecular complexity index is 1070. The Balaban J connectivity index is 1.60. The van der Waals surface area contributed by atoms with E-state index < -0.39 is 24.0 Å². The smallest absolute Gasteiger partial charge is 0.266 e. The second-order valence-electron chi connectivity index (χ2n) is 7.03. The fraction of sp³-hybridized carbons (Fsp3) is 0.130. The molecule has 2 aliphatic heterocycles.